The van der Waals surface area contributed by atoms with Crippen LogP contribution >= 0.6 is 11.3 Å². The number of hydrogen-bond donors (Lipinski definition) is 2. The van der Waals surface area contributed by atoms with E-state index in [1.807, 2.05) is 60.3 Å². The molecule has 5 rings (SSSR count). The third-order valence-electron chi connectivity index (χ3n) is 5.61. The van der Waals surface area contributed by atoms with Crippen molar-refractivity contribution < 1.29 is 14.7 Å². The summed E-state index contributed by atoms with van der Waals surface area (Å²) in [6, 6.07) is 24.5. The number of amides is 1. The number of carboxylic acid groups (broad SMARTS) is 1. The van der Waals surface area contributed by atoms with Crippen molar-refractivity contribution in [2.24, 2.45) is 7.05 Å². The largest absolute Gasteiger partial charge is 0.481 e. The zero-order valence-corrected chi connectivity index (χ0v) is 21.1. The molecule has 0 aliphatic rings. The van der Waals surface area contributed by atoms with Crippen LogP contribution in [0.25, 0.3) is 27.8 Å². The summed E-state index contributed by atoms with van der Waals surface area (Å²) in [7, 11) is 1.94. The van der Waals surface area contributed by atoms with Gasteiger partial charge in [0.05, 0.1) is 0 Å². The molecule has 184 valence electrons. The maximum absolute atomic E-state index is 12.8. The summed E-state index contributed by atoms with van der Waals surface area (Å²) < 4.78 is 1.98. The van der Waals surface area contributed by atoms with Crippen molar-refractivity contribution in [3.05, 3.63) is 101 Å². The summed E-state index contributed by atoms with van der Waals surface area (Å²) in [5.41, 5.74) is 3.12. The summed E-state index contributed by atoms with van der Waals surface area (Å²) >= 11 is 1.42. The summed E-state index contributed by atoms with van der Waals surface area (Å²) in [6.07, 6.45) is 6.05. The van der Waals surface area contributed by atoms with Crippen molar-refractivity contribution in [3.63, 3.8) is 0 Å². The average Bonchev–Trinajstić information content (AvgIpc) is 3.46. The first-order valence-electron chi connectivity index (χ1n) is 11.4. The van der Waals surface area contributed by atoms with E-state index < -0.39 is 11.9 Å². The van der Waals surface area contributed by atoms with Gasteiger partial charge >= 0.3 is 0 Å². The second-order valence-electron chi connectivity index (χ2n) is 8.30. The summed E-state index contributed by atoms with van der Waals surface area (Å²) in [6.45, 7) is 1.08. The van der Waals surface area contributed by atoms with Crippen LogP contribution in [-0.2, 0) is 23.1 Å². The van der Waals surface area contributed by atoms with Crippen LogP contribution in [0.3, 0.4) is 0 Å². The molecule has 0 aliphatic heterocycles. The van der Waals surface area contributed by atoms with Crippen LogP contribution in [0.15, 0.2) is 84.7 Å². The number of rotatable bonds is 5. The zero-order valence-electron chi connectivity index (χ0n) is 20.3. The molecule has 2 aromatic heterocycles. The standard InChI is InChI=1S/C27H20N4OS.C2H4O2/c1-31-17-21(24-11-4-5-12-25(24)31)13-20(15-28)26(32)30-27-29-16-22(33-27)14-19-9-6-8-18-7-2-3-10-23(18)19;1-2(3)4/h2-13,16-17H,14H2,1H3,(H,29,30,32);1H3,(H,3,4)/b20-13+;. The van der Waals surface area contributed by atoms with Crippen molar-refractivity contribution in [3.8, 4) is 6.07 Å². The van der Waals surface area contributed by atoms with Crippen LogP contribution in [0.4, 0.5) is 5.13 Å². The number of nitrogens with one attached hydrogen (secondary N) is 1. The molecule has 0 saturated heterocycles. The predicted octanol–water partition coefficient (Wildman–Crippen LogP) is 6.02. The zero-order chi connectivity index (χ0) is 26.4. The quantitative estimate of drug-likeness (QED) is 0.223. The fourth-order valence-corrected chi connectivity index (χ4v) is 4.87. The smallest absolute Gasteiger partial charge is 0.300 e. The Morgan fingerprint density at radius 3 is 2.51 bits per heavy atom. The van der Waals surface area contributed by atoms with Gasteiger partial charge in [0.1, 0.15) is 11.6 Å². The van der Waals surface area contributed by atoms with E-state index in [0.29, 0.717) is 5.13 Å². The Labute approximate surface area is 217 Å². The molecule has 2 N–H and O–H groups in total. The fraction of sp³-hybridized carbons (Fsp3) is 0.103. The van der Waals surface area contributed by atoms with Gasteiger partial charge in [0.25, 0.3) is 11.9 Å². The first kappa shape index (κ1) is 25.4. The van der Waals surface area contributed by atoms with E-state index in [4.69, 9.17) is 9.90 Å². The molecule has 0 aliphatic carbocycles. The van der Waals surface area contributed by atoms with Crippen LogP contribution < -0.4 is 5.32 Å². The highest BCUT2D eigenvalue weighted by molar-refractivity contribution is 7.15. The Morgan fingerprint density at radius 2 is 1.76 bits per heavy atom. The molecule has 0 spiro atoms. The topological polar surface area (TPSA) is 108 Å². The molecule has 5 aromatic rings. The lowest BCUT2D eigenvalue weighted by atomic mass is 10.0. The maximum Gasteiger partial charge on any atom is 0.300 e. The number of para-hydroxylation sites is 1. The van der Waals surface area contributed by atoms with Crippen LogP contribution in [0.1, 0.15) is 22.9 Å². The van der Waals surface area contributed by atoms with Crippen molar-refractivity contribution in [1.82, 2.24) is 9.55 Å². The third kappa shape index (κ3) is 6.10. The Kier molecular flexibility index (Phi) is 7.77. The van der Waals surface area contributed by atoms with E-state index in [1.165, 1.54) is 27.7 Å². The van der Waals surface area contributed by atoms with Crippen molar-refractivity contribution in [2.75, 3.05) is 5.32 Å². The third-order valence-corrected chi connectivity index (χ3v) is 6.52. The highest BCUT2D eigenvalue weighted by atomic mass is 32.1. The van der Waals surface area contributed by atoms with E-state index in [2.05, 4.69) is 40.6 Å². The second kappa shape index (κ2) is 11.3. The first-order valence-corrected chi connectivity index (χ1v) is 12.3. The van der Waals surface area contributed by atoms with Gasteiger partial charge in [-0.15, -0.1) is 11.3 Å². The van der Waals surface area contributed by atoms with E-state index in [9.17, 15) is 10.1 Å². The fourth-order valence-electron chi connectivity index (χ4n) is 4.04. The molecule has 0 atom stereocenters. The summed E-state index contributed by atoms with van der Waals surface area (Å²) in [5.74, 6) is -1.29. The molecule has 8 heteroatoms. The first-order chi connectivity index (χ1) is 17.9. The number of nitrogens with zero attached hydrogens (tertiary/aromatic N) is 3. The number of benzene rings is 3. The van der Waals surface area contributed by atoms with Crippen LogP contribution in [0.5, 0.6) is 0 Å². The maximum atomic E-state index is 12.8. The van der Waals surface area contributed by atoms with Gasteiger partial charge < -0.3 is 9.67 Å². The number of nitriles is 1. The highest BCUT2D eigenvalue weighted by Gasteiger charge is 2.14. The monoisotopic (exact) mass is 508 g/mol. The van der Waals surface area contributed by atoms with E-state index in [-0.39, 0.29) is 5.57 Å². The molecular weight excluding hydrogens is 484 g/mol. The van der Waals surface area contributed by atoms with Gasteiger partial charge in [-0.05, 0) is 28.5 Å². The van der Waals surface area contributed by atoms with Gasteiger partial charge in [-0.3, -0.25) is 14.9 Å². The molecule has 0 radical (unpaired) electrons. The molecule has 37 heavy (non-hydrogen) atoms. The Balaban J connectivity index is 0.000000747. The minimum Gasteiger partial charge on any atom is -0.481 e. The number of aromatic nitrogens is 2. The van der Waals surface area contributed by atoms with Crippen LogP contribution in [-0.4, -0.2) is 26.5 Å². The van der Waals surface area contributed by atoms with E-state index in [1.54, 1.807) is 12.3 Å². The molecular formula is C29H24N4O3S. The van der Waals surface area contributed by atoms with Crippen LogP contribution in [0.2, 0.25) is 0 Å². The molecule has 0 fully saturated rings. The number of carbonyl (C=O) groups excluding carboxylic acids is 1. The van der Waals surface area contributed by atoms with Gasteiger partial charge in [0, 0.05) is 54.1 Å². The van der Waals surface area contributed by atoms with Crippen molar-refractivity contribution in [1.29, 1.82) is 5.26 Å². The average molecular weight is 509 g/mol. The molecule has 2 heterocycles. The number of aryl methyl sites for hydroxylation is 1. The highest BCUT2D eigenvalue weighted by Crippen LogP contribution is 2.27. The van der Waals surface area contributed by atoms with E-state index in [0.717, 1.165) is 34.7 Å². The number of aliphatic carboxylic acids is 1. The van der Waals surface area contributed by atoms with Crippen LogP contribution in [0, 0.1) is 11.3 Å². The normalized spacial score (nSPS) is 11.0. The molecule has 0 bridgehead atoms. The Morgan fingerprint density at radius 1 is 1.08 bits per heavy atom. The van der Waals surface area contributed by atoms with Crippen molar-refractivity contribution >= 4 is 56.1 Å². The lowest BCUT2D eigenvalue weighted by Gasteiger charge is -2.04. The number of thiazole rings is 1. The summed E-state index contributed by atoms with van der Waals surface area (Å²) in [5, 5.41) is 23.7. The number of carbonyl (C=O) groups is 2. The lowest BCUT2D eigenvalue weighted by Crippen LogP contribution is -2.13. The number of fused-ring (bicyclic) bond motifs is 2. The number of carboxylic acids is 1. The molecule has 0 saturated carbocycles. The minimum absolute atomic E-state index is 0.0390. The Hall–Kier alpha value is -4.74. The van der Waals surface area contributed by atoms with Gasteiger partial charge in [0.2, 0.25) is 0 Å². The Bertz CT molecular complexity index is 1660. The van der Waals surface area contributed by atoms with Gasteiger partial charge in [-0.1, -0.05) is 60.7 Å². The SMILES string of the molecule is CC(=O)O.Cn1cc(/C=C(\C#N)C(=O)Nc2ncc(Cc3cccc4ccccc34)s2)c2ccccc21. The van der Waals surface area contributed by atoms with Crippen molar-refractivity contribution in [2.45, 2.75) is 13.3 Å². The number of hydrogen-bond acceptors (Lipinski definition) is 5. The summed E-state index contributed by atoms with van der Waals surface area (Å²) in [4.78, 5) is 27.2. The van der Waals surface area contributed by atoms with Gasteiger partial charge in [-0.2, -0.15) is 5.26 Å². The van der Waals surface area contributed by atoms with Gasteiger partial charge in [-0.25, -0.2) is 4.98 Å². The van der Waals surface area contributed by atoms with Gasteiger partial charge in [0.15, 0.2) is 5.13 Å². The minimum atomic E-state index is -0.833. The number of anilines is 1. The molecule has 1 amide bonds. The van der Waals surface area contributed by atoms with E-state index >= 15 is 0 Å². The second-order valence-corrected chi connectivity index (χ2v) is 9.42. The molecule has 0 unspecified atom stereocenters. The molecule has 7 nitrogen and oxygen atoms in total. The lowest BCUT2D eigenvalue weighted by molar-refractivity contribution is -0.134. The molecule has 3 aromatic carbocycles. The predicted molar refractivity (Wildman–Crippen MR) is 147 cm³/mol.